The number of hydrogen-bond acceptors (Lipinski definition) is 4. The van der Waals surface area contributed by atoms with Crippen molar-refractivity contribution in [2.45, 2.75) is 17.6 Å². The number of aliphatic hydroxyl groups is 1. The molecule has 5 nitrogen and oxygen atoms in total. The number of nitrogens with zero attached hydrogens (tertiary/aromatic N) is 1. The normalized spacial score (nSPS) is 16.1. The molecule has 1 aliphatic heterocycles. The Morgan fingerprint density at radius 2 is 1.69 bits per heavy atom. The number of rotatable bonds is 6. The number of hydrogen-bond donors (Lipinski definition) is 1. The number of anilines is 1. The molecule has 1 N–H and O–H groups in total. The molecule has 0 aliphatic carbocycles. The van der Waals surface area contributed by atoms with Crippen LogP contribution >= 0.6 is 0 Å². The number of ether oxygens (including phenoxy) is 1. The summed E-state index contributed by atoms with van der Waals surface area (Å²) in [5.74, 6) is 0. The fourth-order valence-electron chi connectivity index (χ4n) is 3.29. The van der Waals surface area contributed by atoms with Crippen molar-refractivity contribution < 1.29 is 18.3 Å². The highest BCUT2D eigenvalue weighted by atomic mass is 32.2. The lowest BCUT2D eigenvalue weighted by molar-refractivity contribution is 0.0334. The van der Waals surface area contributed by atoms with Crippen LogP contribution in [0.1, 0.15) is 5.56 Å². The van der Waals surface area contributed by atoms with Crippen molar-refractivity contribution >= 4 is 26.5 Å². The van der Waals surface area contributed by atoms with Crippen LogP contribution in [0.5, 0.6) is 0 Å². The number of sulfonamides is 1. The lowest BCUT2D eigenvalue weighted by Crippen LogP contribution is -2.37. The predicted molar refractivity (Wildman–Crippen MR) is 101 cm³/mol. The van der Waals surface area contributed by atoms with Gasteiger partial charge in [0.2, 0.25) is 0 Å². The van der Waals surface area contributed by atoms with Crippen molar-refractivity contribution in [3.63, 3.8) is 0 Å². The Morgan fingerprint density at radius 3 is 2.46 bits per heavy atom. The minimum Gasteiger partial charge on any atom is -0.389 e. The summed E-state index contributed by atoms with van der Waals surface area (Å²) >= 11 is 0. The van der Waals surface area contributed by atoms with Crippen LogP contribution in [0.2, 0.25) is 0 Å². The van der Waals surface area contributed by atoms with Crippen molar-refractivity contribution in [1.82, 2.24) is 0 Å². The van der Waals surface area contributed by atoms with Gasteiger partial charge in [-0.1, -0.05) is 54.6 Å². The first-order valence-corrected chi connectivity index (χ1v) is 9.85. The molecule has 0 spiro atoms. The average molecular weight is 369 g/mol. The van der Waals surface area contributed by atoms with E-state index < -0.39 is 16.1 Å². The van der Waals surface area contributed by atoms with Gasteiger partial charge in [-0.3, -0.25) is 4.31 Å². The minimum absolute atomic E-state index is 0.0368. The molecule has 0 saturated heterocycles. The zero-order valence-electron chi connectivity index (χ0n) is 14.1. The molecule has 3 aromatic carbocycles. The average Bonchev–Trinajstić information content (AvgIpc) is 2.86. The summed E-state index contributed by atoms with van der Waals surface area (Å²) in [4.78, 5) is 0.294. The molecular formula is C20H19NO4S. The minimum atomic E-state index is -3.65. The van der Waals surface area contributed by atoms with E-state index in [1.165, 1.54) is 4.31 Å². The zero-order valence-corrected chi connectivity index (χ0v) is 14.9. The van der Waals surface area contributed by atoms with Crippen molar-refractivity contribution in [3.05, 3.63) is 72.3 Å². The van der Waals surface area contributed by atoms with Crippen molar-refractivity contribution in [3.8, 4) is 0 Å². The second-order valence-corrected chi connectivity index (χ2v) is 8.15. The van der Waals surface area contributed by atoms with E-state index >= 15 is 0 Å². The monoisotopic (exact) mass is 369 g/mol. The maximum absolute atomic E-state index is 12.9. The third kappa shape index (κ3) is 2.96. The second kappa shape index (κ2) is 6.72. The van der Waals surface area contributed by atoms with Gasteiger partial charge in [-0.25, -0.2) is 8.42 Å². The molecule has 6 heteroatoms. The standard InChI is InChI=1S/C20H19NO4S/c22-17(14-25-13-15-6-2-1-3-7-15)12-21-18-10-4-8-16-9-5-11-19(20(16)18)26(21,23)24/h1-11,17,22H,12-14H2. The molecule has 0 bridgehead atoms. The van der Waals surface area contributed by atoms with E-state index in [9.17, 15) is 13.5 Å². The third-order valence-corrected chi connectivity index (χ3v) is 6.30. The molecular weight excluding hydrogens is 350 g/mol. The van der Waals surface area contributed by atoms with Gasteiger partial charge in [-0.05, 0) is 23.1 Å². The highest BCUT2D eigenvalue weighted by Gasteiger charge is 2.36. The Labute approximate surface area is 152 Å². The quantitative estimate of drug-likeness (QED) is 0.725. The molecule has 1 unspecified atom stereocenters. The molecule has 0 aromatic heterocycles. The van der Waals surface area contributed by atoms with E-state index in [0.29, 0.717) is 22.6 Å². The Bertz CT molecular complexity index is 1030. The van der Waals surface area contributed by atoms with Crippen molar-refractivity contribution in [2.24, 2.45) is 0 Å². The molecule has 4 rings (SSSR count). The van der Waals surface area contributed by atoms with Gasteiger partial charge in [0.25, 0.3) is 10.0 Å². The van der Waals surface area contributed by atoms with Crippen LogP contribution < -0.4 is 4.31 Å². The van der Waals surface area contributed by atoms with Crippen molar-refractivity contribution in [2.75, 3.05) is 17.5 Å². The summed E-state index contributed by atoms with van der Waals surface area (Å²) in [6.45, 7) is 0.401. The molecule has 1 heterocycles. The van der Waals surface area contributed by atoms with Crippen LogP contribution in [0.4, 0.5) is 5.69 Å². The lowest BCUT2D eigenvalue weighted by Gasteiger charge is -2.22. The highest BCUT2D eigenvalue weighted by molar-refractivity contribution is 7.93. The smallest absolute Gasteiger partial charge is 0.265 e. The Hall–Kier alpha value is -2.41. The van der Waals surface area contributed by atoms with Gasteiger partial charge in [0.1, 0.15) is 0 Å². The van der Waals surface area contributed by atoms with E-state index in [2.05, 4.69) is 0 Å². The first-order valence-electron chi connectivity index (χ1n) is 8.41. The summed E-state index contributed by atoms with van der Waals surface area (Å²) in [5.41, 5.74) is 1.62. The van der Waals surface area contributed by atoms with Crippen LogP contribution in [0.3, 0.4) is 0 Å². The van der Waals surface area contributed by atoms with Gasteiger partial charge in [-0.2, -0.15) is 0 Å². The van der Waals surface area contributed by atoms with Gasteiger partial charge in [0.15, 0.2) is 0 Å². The number of benzene rings is 3. The van der Waals surface area contributed by atoms with Gasteiger partial charge in [-0.15, -0.1) is 0 Å². The maximum atomic E-state index is 12.9. The van der Waals surface area contributed by atoms with Gasteiger partial charge < -0.3 is 9.84 Å². The maximum Gasteiger partial charge on any atom is 0.265 e. The topological polar surface area (TPSA) is 66.8 Å². The van der Waals surface area contributed by atoms with Crippen LogP contribution in [0.25, 0.3) is 10.8 Å². The summed E-state index contributed by atoms with van der Waals surface area (Å²) in [6, 6.07) is 20.4. The SMILES string of the molecule is O=S1(=O)c2cccc3cccc(c23)N1CC(O)COCc1ccccc1. The predicted octanol–water partition coefficient (Wildman–Crippen LogP) is 2.93. The van der Waals surface area contributed by atoms with Crippen LogP contribution in [-0.2, 0) is 21.4 Å². The summed E-state index contributed by atoms with van der Waals surface area (Å²) < 4.78 is 32.6. The summed E-state index contributed by atoms with van der Waals surface area (Å²) in [7, 11) is -3.65. The molecule has 1 atom stereocenters. The molecule has 0 amide bonds. The fraction of sp³-hybridized carbons (Fsp3) is 0.200. The Kier molecular flexibility index (Phi) is 4.40. The molecule has 3 aromatic rings. The summed E-state index contributed by atoms with van der Waals surface area (Å²) in [5, 5.41) is 11.9. The second-order valence-electron chi connectivity index (χ2n) is 6.32. The molecule has 26 heavy (non-hydrogen) atoms. The fourth-order valence-corrected chi connectivity index (χ4v) is 5.03. The number of aliphatic hydroxyl groups excluding tert-OH is 1. The van der Waals surface area contributed by atoms with Gasteiger partial charge in [0, 0.05) is 5.39 Å². The molecule has 1 aliphatic rings. The van der Waals surface area contributed by atoms with Crippen molar-refractivity contribution in [1.29, 1.82) is 0 Å². The third-order valence-electron chi connectivity index (χ3n) is 4.48. The Balaban J connectivity index is 1.49. The zero-order chi connectivity index (χ0) is 18.1. The van der Waals surface area contributed by atoms with E-state index in [1.807, 2.05) is 48.5 Å². The Morgan fingerprint density at radius 1 is 0.962 bits per heavy atom. The van der Waals surface area contributed by atoms with Crippen LogP contribution in [-0.4, -0.2) is 32.8 Å². The van der Waals surface area contributed by atoms with E-state index in [-0.39, 0.29) is 13.2 Å². The first-order chi connectivity index (χ1) is 12.6. The largest absolute Gasteiger partial charge is 0.389 e. The van der Waals surface area contributed by atoms with Crippen LogP contribution in [0, 0.1) is 0 Å². The lowest BCUT2D eigenvalue weighted by atomic mass is 10.1. The van der Waals surface area contributed by atoms with Gasteiger partial charge in [0.05, 0.1) is 36.4 Å². The molecule has 0 saturated carbocycles. The molecule has 0 fully saturated rings. The van der Waals surface area contributed by atoms with Gasteiger partial charge >= 0.3 is 0 Å². The number of β-amino-alcohol motifs (C(OH)–C–C–N with tert-alkyl or cyclic N) is 1. The van der Waals surface area contributed by atoms with E-state index in [4.69, 9.17) is 4.74 Å². The summed E-state index contributed by atoms with van der Waals surface area (Å²) in [6.07, 6.45) is -0.918. The first kappa shape index (κ1) is 17.0. The van der Waals surface area contributed by atoms with E-state index in [1.54, 1.807) is 18.2 Å². The molecule has 0 radical (unpaired) electrons. The van der Waals surface area contributed by atoms with E-state index in [0.717, 1.165) is 10.9 Å². The highest BCUT2D eigenvalue weighted by Crippen LogP contribution is 2.41. The van der Waals surface area contributed by atoms with Crippen LogP contribution in [0.15, 0.2) is 71.6 Å². The molecule has 134 valence electrons.